The lowest BCUT2D eigenvalue weighted by Crippen LogP contribution is -2.50. The van der Waals surface area contributed by atoms with Gasteiger partial charge in [0, 0.05) is 85.8 Å². The third kappa shape index (κ3) is 11.8. The molecule has 2 amide bonds. The first-order valence-corrected chi connectivity index (χ1v) is 31.8. The molecule has 22 nitrogen and oxygen atoms in total. The van der Waals surface area contributed by atoms with Crippen LogP contribution in [0.1, 0.15) is 161 Å². The van der Waals surface area contributed by atoms with E-state index in [2.05, 4.69) is 111 Å². The number of phosphoric acid groups is 2. The predicted molar refractivity (Wildman–Crippen MR) is 311 cm³/mol. The Kier molecular flexibility index (Phi) is 17.0. The lowest BCUT2D eigenvalue weighted by atomic mass is 9.64. The van der Waals surface area contributed by atoms with Crippen molar-refractivity contribution in [3.63, 3.8) is 0 Å². The zero-order valence-electron chi connectivity index (χ0n) is 47.9. The highest BCUT2D eigenvalue weighted by molar-refractivity contribution is 7.46. The quantitative estimate of drug-likeness (QED) is 0.0263. The van der Waals surface area contributed by atoms with Crippen molar-refractivity contribution in [1.29, 1.82) is 0 Å². The minimum absolute atomic E-state index is 0.00991. The van der Waals surface area contributed by atoms with Gasteiger partial charge in [-0.3, -0.25) is 23.2 Å². The fourth-order valence-corrected chi connectivity index (χ4v) is 14.7. The van der Waals surface area contributed by atoms with Gasteiger partial charge in [-0.25, -0.2) is 28.7 Å². The van der Waals surface area contributed by atoms with E-state index in [1.54, 1.807) is 4.90 Å². The van der Waals surface area contributed by atoms with Gasteiger partial charge in [0.05, 0.1) is 6.61 Å². The highest BCUT2D eigenvalue weighted by Crippen LogP contribution is 2.51. The van der Waals surface area contributed by atoms with Crippen LogP contribution >= 0.6 is 15.6 Å². The van der Waals surface area contributed by atoms with Crippen molar-refractivity contribution < 1.29 is 57.2 Å². The number of aliphatic hydroxyl groups excluding tert-OH is 1. The number of unbranched alkanes of at least 4 members (excludes halogenated alkanes) is 3. The number of aryl methyl sites for hydroxylation is 1. The van der Waals surface area contributed by atoms with E-state index >= 15 is 0 Å². The van der Waals surface area contributed by atoms with Crippen LogP contribution in [0.25, 0.3) is 16.7 Å². The number of carbonyl (C=O) groups is 2. The number of anilines is 3. The molecule has 82 heavy (non-hydrogen) atoms. The topological polar surface area (TPSA) is 300 Å². The first-order valence-electron chi connectivity index (χ1n) is 28.8. The Morgan fingerprint density at radius 3 is 2.41 bits per heavy atom. The fraction of sp³-hybridized carbons (Fsp3) is 0.552. The molecule has 0 bridgehead atoms. The zero-order valence-corrected chi connectivity index (χ0v) is 49.7. The normalized spacial score (nSPS) is 21.7. The van der Waals surface area contributed by atoms with Gasteiger partial charge in [-0.1, -0.05) is 51.8 Å². The number of nitrogen functional groups attached to an aromatic ring is 1. The molecule has 5 aliphatic rings. The highest BCUT2D eigenvalue weighted by atomic mass is 31.2. The average molecular weight is 1170 g/mol. The summed E-state index contributed by atoms with van der Waals surface area (Å²) in [6.45, 7) is 17.7. The maximum atomic E-state index is 14.9. The third-order valence-electron chi connectivity index (χ3n) is 17.3. The van der Waals surface area contributed by atoms with Crippen molar-refractivity contribution in [3.05, 3.63) is 104 Å². The number of hydrogen-bond acceptors (Lipinski definition) is 14. The minimum Gasteiger partial charge on any atom is -0.387 e. The zero-order chi connectivity index (χ0) is 58.6. The van der Waals surface area contributed by atoms with Crippen molar-refractivity contribution in [1.82, 2.24) is 34.3 Å². The van der Waals surface area contributed by atoms with Gasteiger partial charge in [0.25, 0.3) is 5.91 Å². The van der Waals surface area contributed by atoms with Gasteiger partial charge in [-0.05, 0) is 128 Å². The van der Waals surface area contributed by atoms with Crippen LogP contribution in [-0.4, -0.2) is 138 Å². The molecule has 6 heterocycles. The van der Waals surface area contributed by atoms with Crippen molar-refractivity contribution in [2.45, 2.75) is 154 Å². The number of ether oxygens (including phenoxy) is 1. The summed E-state index contributed by atoms with van der Waals surface area (Å²) in [7, 11) is -8.44. The minimum atomic E-state index is -5.25. The fourth-order valence-electron chi connectivity index (χ4n) is 13.8. The lowest BCUT2D eigenvalue weighted by Gasteiger charge is -2.48. The van der Waals surface area contributed by atoms with E-state index in [9.17, 15) is 43.4 Å². The Hall–Kier alpha value is -5.64. The number of nitrogens with one attached hydrogen (secondary N) is 2. The molecular weight excluding hydrogens is 1090 g/mol. The number of nitrogens with zero attached hydrogens (tertiary/aromatic N) is 7. The van der Waals surface area contributed by atoms with Crippen molar-refractivity contribution >= 4 is 61.7 Å². The SMILES string of the molecule is CCN1c2cc3c(cc2C(C)CC1(C)C)C(c1ccccc1C(=O)N(C)CCCC(=O)NCCCCCCNc1nc2c(N)ncnc2n1[C@@H]1O[C@H](COP(=O)(O)O)[C@@H](O)[C@H]1OP(=O)(O)O)=c1cc2c4c(c1C3(C)C)CCC[N+]=4CCC2. The Balaban J connectivity index is 0.779. The van der Waals surface area contributed by atoms with Crippen LogP contribution in [0.4, 0.5) is 17.5 Å². The second kappa shape index (κ2) is 23.4. The van der Waals surface area contributed by atoms with E-state index in [0.717, 1.165) is 82.0 Å². The summed E-state index contributed by atoms with van der Waals surface area (Å²) in [6, 6.07) is 15.6. The van der Waals surface area contributed by atoms with Gasteiger partial charge in [0.2, 0.25) is 17.2 Å². The first-order chi connectivity index (χ1) is 38.9. The monoisotopic (exact) mass is 1170 g/mol. The van der Waals surface area contributed by atoms with Crippen LogP contribution in [0, 0.1) is 0 Å². The van der Waals surface area contributed by atoms with E-state index in [0.29, 0.717) is 50.4 Å². The molecule has 5 aromatic rings. The number of benzene rings is 3. The molecule has 4 aliphatic heterocycles. The predicted octanol–water partition coefficient (Wildman–Crippen LogP) is 5.28. The molecular formula is C58H79N10O12P2+. The molecule has 1 fully saturated rings. The molecule has 5 atom stereocenters. The van der Waals surface area contributed by atoms with E-state index in [4.69, 9.17) is 15.0 Å². The number of amides is 2. The highest BCUT2D eigenvalue weighted by Gasteiger charge is 2.51. The summed E-state index contributed by atoms with van der Waals surface area (Å²) in [5.41, 5.74) is 18.2. The summed E-state index contributed by atoms with van der Waals surface area (Å²) in [4.78, 5) is 83.0. The average Bonchev–Trinajstić information content (AvgIpc) is 3.13. The molecule has 442 valence electrons. The summed E-state index contributed by atoms with van der Waals surface area (Å²) in [5.74, 6) is 0.242. The summed E-state index contributed by atoms with van der Waals surface area (Å²) in [6.07, 6.45) is 3.52. The second-order valence-electron chi connectivity index (χ2n) is 23.8. The lowest BCUT2D eigenvalue weighted by molar-refractivity contribution is -0.121. The van der Waals surface area contributed by atoms with Crippen molar-refractivity contribution in [2.75, 3.05) is 68.9 Å². The van der Waals surface area contributed by atoms with Crippen LogP contribution in [0.2, 0.25) is 0 Å². The number of imidazole rings is 1. The van der Waals surface area contributed by atoms with Crippen LogP contribution in [0.5, 0.6) is 0 Å². The van der Waals surface area contributed by atoms with E-state index in [-0.39, 0.29) is 52.1 Å². The molecule has 2 aromatic heterocycles. The maximum Gasteiger partial charge on any atom is 0.470 e. The standard InChI is InChI=1S/C58H78N10O12P2/c1-8-67-43-30-42-40(29-39(43)34(2)31-57(67,3)4)46(41-28-35-18-15-26-66-27-16-21-38(49(35)66)47(41)58(42,5)6)36-19-11-12-20-37(36)54(71)65(7)25-17-22-45(69)60-23-13-9-10-14-24-61-56-64-48-52(59)62-33-63-53(48)68(56)55-51(80-82(75,76)77)50(70)44(79-55)32-78-81(72,73)74/h11-12,19-20,28-30,33-34,44,50-51,55,59,70H,8-10,13-18,21-27,31-32H2,1-7H3,(H6,60,69,71,72,73,74,75,76,77)/p+1/t34?,44-,50-,51-,55-/m1/s1. The van der Waals surface area contributed by atoms with E-state index in [1.165, 1.54) is 54.2 Å². The number of hydrogen-bond donors (Lipinski definition) is 8. The smallest absolute Gasteiger partial charge is 0.387 e. The van der Waals surface area contributed by atoms with Gasteiger partial charge in [0.1, 0.15) is 37.7 Å². The molecule has 10 rings (SSSR count). The molecule has 3 aromatic carbocycles. The van der Waals surface area contributed by atoms with Gasteiger partial charge in [0.15, 0.2) is 23.2 Å². The van der Waals surface area contributed by atoms with Gasteiger partial charge in [-0.2, -0.15) is 0 Å². The van der Waals surface area contributed by atoms with Gasteiger partial charge < -0.3 is 55.6 Å². The number of aliphatic hydroxyl groups is 1. The van der Waals surface area contributed by atoms with Crippen molar-refractivity contribution in [2.24, 2.45) is 0 Å². The summed E-state index contributed by atoms with van der Waals surface area (Å²) >= 11 is 0. The van der Waals surface area contributed by atoms with Gasteiger partial charge in [-0.15, -0.1) is 0 Å². The molecule has 9 N–H and O–H groups in total. The first kappa shape index (κ1) is 59.5. The molecule has 1 unspecified atom stereocenters. The summed E-state index contributed by atoms with van der Waals surface area (Å²) < 4.78 is 42.7. The second-order valence-corrected chi connectivity index (χ2v) is 26.2. The number of rotatable bonds is 21. The number of nitrogens with two attached hydrogens (primary N) is 1. The van der Waals surface area contributed by atoms with Crippen LogP contribution in [0.15, 0.2) is 48.8 Å². The van der Waals surface area contributed by atoms with Crippen LogP contribution in [-0.2, 0) is 46.0 Å². The Labute approximate surface area is 477 Å². The molecule has 0 spiro atoms. The molecule has 1 saturated heterocycles. The number of carbonyl (C=O) groups excluding carboxylic acids is 2. The number of aromatic nitrogens is 4. The number of phosphoric ester groups is 2. The molecule has 0 radical (unpaired) electrons. The molecule has 0 saturated carbocycles. The van der Waals surface area contributed by atoms with Crippen molar-refractivity contribution in [3.8, 4) is 0 Å². The largest absolute Gasteiger partial charge is 0.470 e. The van der Waals surface area contributed by atoms with Gasteiger partial charge >= 0.3 is 15.6 Å². The molecule has 1 aliphatic carbocycles. The third-order valence-corrected chi connectivity index (χ3v) is 18.3. The molecule has 24 heteroatoms. The maximum absolute atomic E-state index is 14.9. The van der Waals surface area contributed by atoms with Crippen LogP contribution in [0.3, 0.4) is 0 Å². The Bertz CT molecular complexity index is 3520. The number of fused-ring (bicyclic) bond motifs is 5. The Morgan fingerprint density at radius 1 is 0.951 bits per heavy atom. The Morgan fingerprint density at radius 2 is 1.68 bits per heavy atom. The van der Waals surface area contributed by atoms with E-state index < -0.39 is 46.8 Å². The van der Waals surface area contributed by atoms with Crippen LogP contribution < -0.4 is 36.4 Å². The van der Waals surface area contributed by atoms with E-state index in [1.807, 2.05) is 19.2 Å². The summed E-state index contributed by atoms with van der Waals surface area (Å²) in [5, 5.41) is 19.9.